The van der Waals surface area contributed by atoms with E-state index >= 15 is 0 Å². The molecule has 1 N–H and O–H groups in total. The van der Waals surface area contributed by atoms with E-state index in [1.807, 2.05) is 6.20 Å². The molecule has 2 unspecified atom stereocenters. The van der Waals surface area contributed by atoms with Crippen LogP contribution in [0.3, 0.4) is 0 Å². The molecule has 0 fully saturated rings. The van der Waals surface area contributed by atoms with Crippen LogP contribution in [0.25, 0.3) is 0 Å². The summed E-state index contributed by atoms with van der Waals surface area (Å²) in [6.07, 6.45) is 6.07. The molecule has 0 spiro atoms. The third kappa shape index (κ3) is 5.40. The monoisotopic (exact) mass is 292 g/mol. The highest BCUT2D eigenvalue weighted by Crippen LogP contribution is 2.23. The van der Waals surface area contributed by atoms with Crippen LogP contribution in [-0.2, 0) is 17.6 Å². The van der Waals surface area contributed by atoms with Gasteiger partial charge in [-0.05, 0) is 51.3 Å². The predicted octanol–water partition coefficient (Wildman–Crippen LogP) is 3.76. The third-order valence-corrected chi connectivity index (χ3v) is 4.26. The fraction of sp³-hybridized carbons (Fsp3) is 0.722. The van der Waals surface area contributed by atoms with E-state index in [2.05, 4.69) is 57.1 Å². The zero-order valence-corrected chi connectivity index (χ0v) is 14.4. The van der Waals surface area contributed by atoms with Crippen molar-refractivity contribution in [2.24, 2.45) is 0 Å². The molecule has 120 valence electrons. The lowest BCUT2D eigenvalue weighted by atomic mass is 9.89. The number of nitrogens with one attached hydrogen (secondary N) is 1. The second-order valence-corrected chi connectivity index (χ2v) is 5.82. The summed E-state index contributed by atoms with van der Waals surface area (Å²) in [5.74, 6) is 0. The average molecular weight is 292 g/mol. The second kappa shape index (κ2) is 9.16. The van der Waals surface area contributed by atoms with E-state index in [9.17, 15) is 0 Å². The van der Waals surface area contributed by atoms with Crippen LogP contribution in [-0.4, -0.2) is 29.8 Å². The molecule has 1 aromatic heterocycles. The molecular weight excluding hydrogens is 260 g/mol. The summed E-state index contributed by atoms with van der Waals surface area (Å²) in [5.41, 5.74) is 2.29. The Labute approximate surface area is 130 Å². The van der Waals surface area contributed by atoms with Gasteiger partial charge in [0, 0.05) is 31.0 Å². The van der Waals surface area contributed by atoms with Gasteiger partial charge in [0.1, 0.15) is 0 Å². The van der Waals surface area contributed by atoms with Crippen molar-refractivity contribution < 1.29 is 4.74 Å². The summed E-state index contributed by atoms with van der Waals surface area (Å²) in [4.78, 5) is 4.61. The second-order valence-electron chi connectivity index (χ2n) is 5.82. The van der Waals surface area contributed by atoms with Gasteiger partial charge in [0.15, 0.2) is 0 Å². The maximum atomic E-state index is 6.06. The first-order valence-electron chi connectivity index (χ1n) is 8.40. The zero-order chi connectivity index (χ0) is 15.7. The van der Waals surface area contributed by atoms with Crippen molar-refractivity contribution >= 4 is 0 Å². The lowest BCUT2D eigenvalue weighted by molar-refractivity contribution is -0.0551. The molecule has 0 saturated carbocycles. The zero-order valence-electron chi connectivity index (χ0n) is 14.4. The summed E-state index contributed by atoms with van der Waals surface area (Å²) in [5, 5.41) is 3.66. The van der Waals surface area contributed by atoms with Gasteiger partial charge in [-0.3, -0.25) is 4.98 Å². The van der Waals surface area contributed by atoms with Gasteiger partial charge in [-0.25, -0.2) is 0 Å². The quantitative estimate of drug-likeness (QED) is 0.713. The smallest absolute Gasteiger partial charge is 0.0807 e. The molecule has 0 aromatic carbocycles. The Hall–Kier alpha value is -0.930. The van der Waals surface area contributed by atoms with Crippen molar-refractivity contribution in [3.05, 3.63) is 29.6 Å². The Kier molecular flexibility index (Phi) is 7.91. The van der Waals surface area contributed by atoms with E-state index in [0.717, 1.165) is 44.5 Å². The van der Waals surface area contributed by atoms with Crippen LogP contribution in [0, 0.1) is 0 Å². The highest BCUT2D eigenvalue weighted by Gasteiger charge is 2.33. The van der Waals surface area contributed by atoms with E-state index in [0.29, 0.717) is 6.04 Å². The van der Waals surface area contributed by atoms with Gasteiger partial charge in [-0.2, -0.15) is 0 Å². The molecule has 2 atom stereocenters. The van der Waals surface area contributed by atoms with E-state index in [4.69, 9.17) is 4.74 Å². The van der Waals surface area contributed by atoms with Gasteiger partial charge in [0.25, 0.3) is 0 Å². The first-order valence-corrected chi connectivity index (χ1v) is 8.40. The molecule has 0 bridgehead atoms. The highest BCUT2D eigenvalue weighted by atomic mass is 16.5. The maximum absolute atomic E-state index is 6.06. The van der Waals surface area contributed by atoms with Crippen molar-refractivity contribution in [3.8, 4) is 0 Å². The van der Waals surface area contributed by atoms with Crippen molar-refractivity contribution in [1.82, 2.24) is 10.3 Å². The normalized spacial score (nSPS) is 15.7. The molecule has 0 aliphatic carbocycles. The number of hydrogen-bond acceptors (Lipinski definition) is 3. The van der Waals surface area contributed by atoms with Gasteiger partial charge in [0.05, 0.1) is 5.60 Å². The summed E-state index contributed by atoms with van der Waals surface area (Å²) in [7, 11) is 0. The molecule has 3 heteroatoms. The number of ether oxygens (including phenoxy) is 1. The Bertz CT molecular complexity index is 391. The SMILES string of the molecule is CCCNC(Cc1ccc(CC)cn1)C(C)(CC)OCC. The van der Waals surface area contributed by atoms with Crippen molar-refractivity contribution in [3.63, 3.8) is 0 Å². The van der Waals surface area contributed by atoms with Crippen LogP contribution in [0.2, 0.25) is 0 Å². The van der Waals surface area contributed by atoms with Crippen LogP contribution >= 0.6 is 0 Å². The summed E-state index contributed by atoms with van der Waals surface area (Å²) < 4.78 is 6.06. The highest BCUT2D eigenvalue weighted by molar-refractivity contribution is 5.15. The van der Waals surface area contributed by atoms with Crippen LogP contribution in [0.15, 0.2) is 18.3 Å². The van der Waals surface area contributed by atoms with Crippen LogP contribution in [0.4, 0.5) is 0 Å². The molecule has 1 aromatic rings. The van der Waals surface area contributed by atoms with Gasteiger partial charge in [-0.15, -0.1) is 0 Å². The Morgan fingerprint density at radius 2 is 2.00 bits per heavy atom. The number of nitrogens with zero attached hydrogens (tertiary/aromatic N) is 1. The molecule has 1 heterocycles. The number of hydrogen-bond donors (Lipinski definition) is 1. The van der Waals surface area contributed by atoms with Gasteiger partial charge in [-0.1, -0.05) is 26.8 Å². The largest absolute Gasteiger partial charge is 0.374 e. The van der Waals surface area contributed by atoms with Crippen LogP contribution in [0.1, 0.15) is 58.7 Å². The average Bonchev–Trinajstić information content (AvgIpc) is 2.52. The predicted molar refractivity (Wildman–Crippen MR) is 89.7 cm³/mol. The summed E-state index contributed by atoms with van der Waals surface area (Å²) >= 11 is 0. The summed E-state index contributed by atoms with van der Waals surface area (Å²) in [6.45, 7) is 12.6. The lowest BCUT2D eigenvalue weighted by Crippen LogP contribution is -2.52. The van der Waals surface area contributed by atoms with E-state index in [-0.39, 0.29) is 5.60 Å². The molecule has 1 rings (SSSR count). The summed E-state index contributed by atoms with van der Waals surface area (Å²) in [6, 6.07) is 4.63. The fourth-order valence-corrected chi connectivity index (χ4v) is 2.60. The third-order valence-electron chi connectivity index (χ3n) is 4.26. The standard InChI is InChI=1S/C18H32N2O/c1-6-12-19-17(18(5,8-3)21-9-4)13-16-11-10-15(7-2)14-20-16/h10-11,14,17,19H,6-9,12-13H2,1-5H3. The minimum atomic E-state index is -0.144. The molecule has 3 nitrogen and oxygen atoms in total. The fourth-order valence-electron chi connectivity index (χ4n) is 2.60. The molecular formula is C18H32N2O. The minimum Gasteiger partial charge on any atom is -0.374 e. The molecule has 0 saturated heterocycles. The number of aryl methyl sites for hydroxylation is 1. The molecule has 0 aliphatic heterocycles. The van der Waals surface area contributed by atoms with E-state index in [1.54, 1.807) is 0 Å². The van der Waals surface area contributed by atoms with Gasteiger partial charge in [0.2, 0.25) is 0 Å². The molecule has 21 heavy (non-hydrogen) atoms. The van der Waals surface area contributed by atoms with Gasteiger partial charge >= 0.3 is 0 Å². The Balaban J connectivity index is 2.84. The number of aromatic nitrogens is 1. The maximum Gasteiger partial charge on any atom is 0.0807 e. The van der Waals surface area contributed by atoms with E-state index in [1.165, 1.54) is 5.56 Å². The van der Waals surface area contributed by atoms with Crippen molar-refractivity contribution in [2.45, 2.75) is 71.9 Å². The van der Waals surface area contributed by atoms with E-state index < -0.39 is 0 Å². The first-order chi connectivity index (χ1) is 10.1. The van der Waals surface area contributed by atoms with Crippen molar-refractivity contribution in [2.75, 3.05) is 13.2 Å². The van der Waals surface area contributed by atoms with Gasteiger partial charge < -0.3 is 10.1 Å². The number of pyridine rings is 1. The minimum absolute atomic E-state index is 0.144. The Morgan fingerprint density at radius 3 is 2.48 bits per heavy atom. The Morgan fingerprint density at radius 1 is 1.24 bits per heavy atom. The van der Waals surface area contributed by atoms with Crippen molar-refractivity contribution in [1.29, 1.82) is 0 Å². The number of rotatable bonds is 10. The first kappa shape index (κ1) is 18.1. The molecule has 0 radical (unpaired) electrons. The topological polar surface area (TPSA) is 34.2 Å². The van der Waals surface area contributed by atoms with Crippen LogP contribution < -0.4 is 5.32 Å². The lowest BCUT2D eigenvalue weighted by Gasteiger charge is -2.37. The molecule has 0 aliphatic rings. The molecule has 0 amide bonds. The van der Waals surface area contributed by atoms with Crippen LogP contribution in [0.5, 0.6) is 0 Å².